The van der Waals surface area contributed by atoms with E-state index >= 15 is 0 Å². The van der Waals surface area contributed by atoms with E-state index in [-0.39, 0.29) is 11.9 Å². The standard InChI is InChI=1S/C9H19N3O/c1-2-7(6-10)12-5-3-4-8(12)9(11)13/h7-8H,2-6,10H2,1H3,(H2,11,13). The zero-order valence-corrected chi connectivity index (χ0v) is 8.20. The van der Waals surface area contributed by atoms with Gasteiger partial charge in [-0.15, -0.1) is 0 Å². The van der Waals surface area contributed by atoms with Gasteiger partial charge < -0.3 is 11.5 Å². The van der Waals surface area contributed by atoms with Crippen LogP contribution >= 0.6 is 0 Å². The van der Waals surface area contributed by atoms with Gasteiger partial charge in [0.05, 0.1) is 6.04 Å². The number of rotatable bonds is 4. The molecule has 1 heterocycles. The Bertz CT molecular complexity index is 180. The topological polar surface area (TPSA) is 72.3 Å². The second-order valence-corrected chi connectivity index (χ2v) is 3.60. The molecule has 2 unspecified atom stereocenters. The van der Waals surface area contributed by atoms with E-state index < -0.39 is 0 Å². The van der Waals surface area contributed by atoms with Gasteiger partial charge in [0, 0.05) is 12.6 Å². The number of primary amides is 1. The molecule has 0 aromatic carbocycles. The highest BCUT2D eigenvalue weighted by Crippen LogP contribution is 2.20. The Morgan fingerprint density at radius 2 is 2.38 bits per heavy atom. The lowest BCUT2D eigenvalue weighted by Crippen LogP contribution is -2.48. The van der Waals surface area contributed by atoms with Gasteiger partial charge in [-0.3, -0.25) is 9.69 Å². The number of carbonyl (C=O) groups excluding carboxylic acids is 1. The number of nitrogens with zero attached hydrogens (tertiary/aromatic N) is 1. The first-order valence-electron chi connectivity index (χ1n) is 4.95. The fourth-order valence-corrected chi connectivity index (χ4v) is 2.07. The molecule has 0 radical (unpaired) electrons. The molecule has 4 nitrogen and oxygen atoms in total. The summed E-state index contributed by atoms with van der Waals surface area (Å²) in [5, 5.41) is 0. The van der Waals surface area contributed by atoms with E-state index in [0.29, 0.717) is 12.6 Å². The third kappa shape index (κ3) is 2.19. The normalized spacial score (nSPS) is 26.2. The molecule has 1 saturated heterocycles. The van der Waals surface area contributed by atoms with Gasteiger partial charge in [-0.25, -0.2) is 0 Å². The summed E-state index contributed by atoms with van der Waals surface area (Å²) < 4.78 is 0. The predicted octanol–water partition coefficient (Wildman–Crippen LogP) is -0.327. The predicted molar refractivity (Wildman–Crippen MR) is 52.1 cm³/mol. The Kier molecular flexibility index (Phi) is 3.69. The first-order valence-corrected chi connectivity index (χ1v) is 4.95. The molecule has 4 N–H and O–H groups in total. The SMILES string of the molecule is CCC(CN)N1CCCC1C(N)=O. The van der Waals surface area contributed by atoms with Crippen LogP contribution in [0.5, 0.6) is 0 Å². The van der Waals surface area contributed by atoms with Crippen molar-refractivity contribution in [3.05, 3.63) is 0 Å². The summed E-state index contributed by atoms with van der Waals surface area (Å²) in [6, 6.07) is 0.244. The highest BCUT2D eigenvalue weighted by molar-refractivity contribution is 5.80. The van der Waals surface area contributed by atoms with Crippen molar-refractivity contribution in [2.45, 2.75) is 38.3 Å². The summed E-state index contributed by atoms with van der Waals surface area (Å²) in [4.78, 5) is 13.2. The van der Waals surface area contributed by atoms with Crippen molar-refractivity contribution in [3.8, 4) is 0 Å². The third-order valence-electron chi connectivity index (χ3n) is 2.83. The summed E-state index contributed by atoms with van der Waals surface area (Å²) in [5.74, 6) is -0.204. The lowest BCUT2D eigenvalue weighted by Gasteiger charge is -2.29. The maximum Gasteiger partial charge on any atom is 0.234 e. The molecule has 13 heavy (non-hydrogen) atoms. The van der Waals surface area contributed by atoms with Gasteiger partial charge in [-0.2, -0.15) is 0 Å². The van der Waals surface area contributed by atoms with Gasteiger partial charge in [-0.05, 0) is 25.8 Å². The van der Waals surface area contributed by atoms with Crippen molar-refractivity contribution in [2.75, 3.05) is 13.1 Å². The average molecular weight is 185 g/mol. The second-order valence-electron chi connectivity index (χ2n) is 3.60. The van der Waals surface area contributed by atoms with Gasteiger partial charge in [0.25, 0.3) is 0 Å². The van der Waals surface area contributed by atoms with E-state index in [1.165, 1.54) is 0 Å². The number of amides is 1. The number of hydrogen-bond acceptors (Lipinski definition) is 3. The van der Waals surface area contributed by atoms with Crippen LogP contribution in [-0.4, -0.2) is 36.0 Å². The maximum atomic E-state index is 11.1. The molecule has 0 aliphatic carbocycles. The molecule has 0 aromatic rings. The largest absolute Gasteiger partial charge is 0.368 e. The first-order chi connectivity index (χ1) is 6.20. The molecule has 1 aliphatic heterocycles. The molecule has 1 rings (SSSR count). The summed E-state index contributed by atoms with van der Waals surface area (Å²) in [6.45, 7) is 3.66. The Morgan fingerprint density at radius 1 is 1.69 bits per heavy atom. The van der Waals surface area contributed by atoms with Crippen LogP contribution in [-0.2, 0) is 4.79 Å². The molecule has 0 saturated carbocycles. The number of likely N-dealkylation sites (tertiary alicyclic amines) is 1. The minimum atomic E-state index is -0.204. The molecule has 4 heteroatoms. The van der Waals surface area contributed by atoms with Crippen molar-refractivity contribution in [3.63, 3.8) is 0 Å². The van der Waals surface area contributed by atoms with Crippen molar-refractivity contribution in [1.29, 1.82) is 0 Å². The van der Waals surface area contributed by atoms with Crippen molar-refractivity contribution in [1.82, 2.24) is 4.90 Å². The van der Waals surface area contributed by atoms with E-state index in [0.717, 1.165) is 25.8 Å². The van der Waals surface area contributed by atoms with Crippen LogP contribution in [0.2, 0.25) is 0 Å². The van der Waals surface area contributed by atoms with Gasteiger partial charge >= 0.3 is 0 Å². The highest BCUT2D eigenvalue weighted by atomic mass is 16.1. The lowest BCUT2D eigenvalue weighted by molar-refractivity contribution is -0.122. The van der Waals surface area contributed by atoms with Crippen molar-refractivity contribution < 1.29 is 4.79 Å². The fraction of sp³-hybridized carbons (Fsp3) is 0.889. The van der Waals surface area contributed by atoms with Gasteiger partial charge in [0.2, 0.25) is 5.91 Å². The zero-order valence-electron chi connectivity index (χ0n) is 8.20. The third-order valence-corrected chi connectivity index (χ3v) is 2.83. The molecule has 1 aliphatic rings. The van der Waals surface area contributed by atoms with Gasteiger partial charge in [0.1, 0.15) is 0 Å². The molecule has 76 valence electrons. The van der Waals surface area contributed by atoms with E-state index in [4.69, 9.17) is 11.5 Å². The van der Waals surface area contributed by atoms with Crippen LogP contribution in [0.15, 0.2) is 0 Å². The van der Waals surface area contributed by atoms with Crippen LogP contribution in [0.1, 0.15) is 26.2 Å². The molecule has 0 aromatic heterocycles. The minimum absolute atomic E-state index is 0.0755. The van der Waals surface area contributed by atoms with Crippen LogP contribution in [0.25, 0.3) is 0 Å². The molecule has 0 spiro atoms. The smallest absolute Gasteiger partial charge is 0.234 e. The second kappa shape index (κ2) is 4.58. The average Bonchev–Trinajstić information content (AvgIpc) is 2.55. The van der Waals surface area contributed by atoms with Gasteiger partial charge in [-0.1, -0.05) is 6.92 Å². The van der Waals surface area contributed by atoms with E-state index in [1.54, 1.807) is 0 Å². The maximum absolute atomic E-state index is 11.1. The quantitative estimate of drug-likeness (QED) is 0.630. The van der Waals surface area contributed by atoms with Crippen LogP contribution in [0.4, 0.5) is 0 Å². The molecule has 2 atom stereocenters. The van der Waals surface area contributed by atoms with Crippen LogP contribution in [0.3, 0.4) is 0 Å². The number of hydrogen-bond donors (Lipinski definition) is 2. The fourth-order valence-electron chi connectivity index (χ4n) is 2.07. The Labute approximate surface area is 79.3 Å². The highest BCUT2D eigenvalue weighted by Gasteiger charge is 2.32. The summed E-state index contributed by atoms with van der Waals surface area (Å²) in [5.41, 5.74) is 10.9. The summed E-state index contributed by atoms with van der Waals surface area (Å²) in [7, 11) is 0. The Morgan fingerprint density at radius 3 is 2.85 bits per heavy atom. The summed E-state index contributed by atoms with van der Waals surface area (Å²) >= 11 is 0. The molecular formula is C9H19N3O. The zero-order chi connectivity index (χ0) is 9.84. The van der Waals surface area contributed by atoms with Crippen molar-refractivity contribution in [2.24, 2.45) is 11.5 Å². The van der Waals surface area contributed by atoms with Crippen LogP contribution < -0.4 is 11.5 Å². The number of carbonyl (C=O) groups is 1. The molecular weight excluding hydrogens is 166 g/mol. The molecule has 0 bridgehead atoms. The van der Waals surface area contributed by atoms with Gasteiger partial charge in [0.15, 0.2) is 0 Å². The van der Waals surface area contributed by atoms with E-state index in [1.807, 2.05) is 0 Å². The monoisotopic (exact) mass is 185 g/mol. The Hall–Kier alpha value is -0.610. The summed E-state index contributed by atoms with van der Waals surface area (Å²) in [6.07, 6.45) is 2.94. The van der Waals surface area contributed by atoms with E-state index in [9.17, 15) is 4.79 Å². The first kappa shape index (κ1) is 10.5. The minimum Gasteiger partial charge on any atom is -0.368 e. The van der Waals surface area contributed by atoms with E-state index in [2.05, 4.69) is 11.8 Å². The Balaban J connectivity index is 2.61. The number of nitrogens with two attached hydrogens (primary N) is 2. The molecule has 1 amide bonds. The van der Waals surface area contributed by atoms with Crippen molar-refractivity contribution >= 4 is 5.91 Å². The van der Waals surface area contributed by atoms with Crippen LogP contribution in [0, 0.1) is 0 Å². The lowest BCUT2D eigenvalue weighted by atomic mass is 10.1. The molecule has 1 fully saturated rings.